The number of hydrogen-bond acceptors (Lipinski definition) is 3. The molecule has 0 aliphatic rings. The molecule has 18 heavy (non-hydrogen) atoms. The summed E-state index contributed by atoms with van der Waals surface area (Å²) in [7, 11) is 0. The third-order valence-corrected chi connectivity index (χ3v) is 3.17. The molecule has 2 aromatic rings. The van der Waals surface area contributed by atoms with Gasteiger partial charge in [0, 0.05) is 17.3 Å². The zero-order valence-corrected chi connectivity index (χ0v) is 10.6. The van der Waals surface area contributed by atoms with Crippen molar-refractivity contribution < 1.29 is 9.18 Å². The van der Waals surface area contributed by atoms with Crippen molar-refractivity contribution >= 4 is 22.9 Å². The number of nitrogens with one attached hydrogen (secondary N) is 2. The predicted octanol–water partition coefficient (Wildman–Crippen LogP) is 2.12. The van der Waals surface area contributed by atoms with Crippen LogP contribution in [0, 0.1) is 18.2 Å². The number of hydrogen-bond donors (Lipinski definition) is 2. The number of anilines is 1. The van der Waals surface area contributed by atoms with Gasteiger partial charge in [-0.25, -0.2) is 4.39 Å². The van der Waals surface area contributed by atoms with Crippen molar-refractivity contribution in [3.05, 3.63) is 46.0 Å². The number of rotatable bonds is 3. The second-order valence-electron chi connectivity index (χ2n) is 3.85. The molecule has 1 heterocycles. The third-order valence-electron chi connectivity index (χ3n) is 2.45. The highest BCUT2D eigenvalue weighted by molar-refractivity contribution is 7.06. The molecule has 0 radical (unpaired) electrons. The molecule has 0 unspecified atom stereocenters. The second kappa shape index (κ2) is 5.14. The third kappa shape index (κ3) is 2.84. The minimum Gasteiger partial charge on any atom is -0.324 e. The molecule has 4 nitrogen and oxygen atoms in total. The van der Waals surface area contributed by atoms with E-state index in [1.165, 1.54) is 22.0 Å². The van der Waals surface area contributed by atoms with Gasteiger partial charge in [-0.05, 0) is 24.6 Å². The lowest BCUT2D eigenvalue weighted by Crippen LogP contribution is -2.23. The number of halogens is 1. The molecular weight excluding hydrogens is 253 g/mol. The van der Waals surface area contributed by atoms with Crippen LogP contribution in [0.2, 0.25) is 0 Å². The van der Waals surface area contributed by atoms with Gasteiger partial charge in [-0.2, -0.15) is 0 Å². The molecule has 1 aromatic heterocycles. The van der Waals surface area contributed by atoms with Crippen molar-refractivity contribution in [1.29, 1.82) is 5.41 Å². The van der Waals surface area contributed by atoms with E-state index in [1.807, 2.05) is 0 Å². The van der Waals surface area contributed by atoms with E-state index in [-0.39, 0.29) is 18.3 Å². The topological polar surface area (TPSA) is 57.9 Å². The maximum Gasteiger partial charge on any atom is 0.244 e. The first-order valence-electron chi connectivity index (χ1n) is 5.31. The van der Waals surface area contributed by atoms with Crippen LogP contribution < -0.4 is 10.1 Å². The smallest absolute Gasteiger partial charge is 0.244 e. The van der Waals surface area contributed by atoms with E-state index in [1.54, 1.807) is 30.6 Å². The van der Waals surface area contributed by atoms with E-state index >= 15 is 0 Å². The number of thiazole rings is 1. The van der Waals surface area contributed by atoms with Crippen molar-refractivity contribution in [3.8, 4) is 0 Å². The van der Waals surface area contributed by atoms with Gasteiger partial charge in [0.15, 0.2) is 4.80 Å². The average Bonchev–Trinajstić information content (AvgIpc) is 2.70. The van der Waals surface area contributed by atoms with Crippen LogP contribution in [0.3, 0.4) is 0 Å². The Kier molecular flexibility index (Phi) is 3.57. The molecule has 94 valence electrons. The summed E-state index contributed by atoms with van der Waals surface area (Å²) in [4.78, 5) is 12.0. The molecule has 0 aliphatic carbocycles. The van der Waals surface area contributed by atoms with Crippen LogP contribution in [0.1, 0.15) is 5.56 Å². The summed E-state index contributed by atoms with van der Waals surface area (Å²) in [6.07, 6.45) is 1.67. The minimum absolute atomic E-state index is 0.0534. The highest BCUT2D eigenvalue weighted by Gasteiger charge is 2.06. The summed E-state index contributed by atoms with van der Waals surface area (Å²) >= 11 is 1.25. The van der Waals surface area contributed by atoms with Crippen LogP contribution in [0.15, 0.2) is 29.8 Å². The quantitative estimate of drug-likeness (QED) is 0.877. The lowest BCUT2D eigenvalue weighted by Gasteiger charge is -2.06. The van der Waals surface area contributed by atoms with Crippen LogP contribution in [0.4, 0.5) is 10.1 Å². The second-order valence-corrected chi connectivity index (χ2v) is 4.74. The summed E-state index contributed by atoms with van der Waals surface area (Å²) in [6, 6.07) is 4.54. The molecule has 2 rings (SSSR count). The first-order valence-corrected chi connectivity index (χ1v) is 6.19. The largest absolute Gasteiger partial charge is 0.324 e. The first-order chi connectivity index (χ1) is 8.56. The summed E-state index contributed by atoms with van der Waals surface area (Å²) in [5.74, 6) is -0.632. The standard InChI is InChI=1S/C12H12FN3OS/c1-8-2-3-9(6-10(8)13)15-11(17)7-16-4-5-18-12(16)14/h2-6,14H,7H2,1H3,(H,15,17). The maximum atomic E-state index is 13.3. The molecule has 0 spiro atoms. The lowest BCUT2D eigenvalue weighted by atomic mass is 10.2. The maximum absolute atomic E-state index is 13.3. The van der Waals surface area contributed by atoms with Gasteiger partial charge in [0.2, 0.25) is 5.91 Å². The summed E-state index contributed by atoms with van der Waals surface area (Å²) < 4.78 is 14.8. The minimum atomic E-state index is -0.350. The predicted molar refractivity (Wildman–Crippen MR) is 67.9 cm³/mol. The van der Waals surface area contributed by atoms with E-state index in [2.05, 4.69) is 5.32 Å². The van der Waals surface area contributed by atoms with Gasteiger partial charge < -0.3 is 9.88 Å². The number of aryl methyl sites for hydroxylation is 1. The van der Waals surface area contributed by atoms with Crippen molar-refractivity contribution in [2.24, 2.45) is 0 Å². The first kappa shape index (κ1) is 12.5. The summed E-state index contributed by atoms with van der Waals surface area (Å²) in [5.41, 5.74) is 0.958. The Bertz CT molecular complexity index is 632. The Balaban J connectivity index is 2.05. The van der Waals surface area contributed by atoms with Crippen LogP contribution in [0.25, 0.3) is 0 Å². The molecule has 0 fully saturated rings. The molecule has 0 saturated heterocycles. The highest BCUT2D eigenvalue weighted by Crippen LogP contribution is 2.13. The molecule has 0 atom stereocenters. The van der Waals surface area contributed by atoms with Gasteiger partial charge in [0.1, 0.15) is 12.4 Å². The van der Waals surface area contributed by atoms with Gasteiger partial charge in [-0.15, -0.1) is 11.3 Å². The zero-order valence-electron chi connectivity index (χ0n) is 9.74. The van der Waals surface area contributed by atoms with Crippen molar-refractivity contribution in [2.75, 3.05) is 5.32 Å². The van der Waals surface area contributed by atoms with Crippen molar-refractivity contribution in [2.45, 2.75) is 13.5 Å². The van der Waals surface area contributed by atoms with E-state index in [4.69, 9.17) is 5.41 Å². The Morgan fingerprint density at radius 1 is 1.56 bits per heavy atom. The fraction of sp³-hybridized carbons (Fsp3) is 0.167. The Hall–Kier alpha value is -1.95. The average molecular weight is 265 g/mol. The van der Waals surface area contributed by atoms with E-state index in [0.29, 0.717) is 16.1 Å². The molecule has 1 amide bonds. The number of nitrogens with zero attached hydrogens (tertiary/aromatic N) is 1. The molecule has 1 aromatic carbocycles. The van der Waals surface area contributed by atoms with Crippen LogP contribution >= 0.6 is 11.3 Å². The molecular formula is C12H12FN3OS. The summed E-state index contributed by atoms with van der Waals surface area (Å²) in [5, 5.41) is 11.9. The zero-order chi connectivity index (χ0) is 13.1. The lowest BCUT2D eigenvalue weighted by molar-refractivity contribution is -0.116. The fourth-order valence-electron chi connectivity index (χ4n) is 1.45. The number of benzene rings is 1. The van der Waals surface area contributed by atoms with E-state index < -0.39 is 0 Å². The van der Waals surface area contributed by atoms with Crippen molar-refractivity contribution in [1.82, 2.24) is 4.57 Å². The van der Waals surface area contributed by atoms with Crippen LogP contribution in [-0.2, 0) is 11.3 Å². The Labute approximate surface area is 107 Å². The van der Waals surface area contributed by atoms with Crippen molar-refractivity contribution in [3.63, 3.8) is 0 Å². The number of amides is 1. The number of carbonyl (C=O) groups is 1. The number of carbonyl (C=O) groups excluding carboxylic acids is 1. The highest BCUT2D eigenvalue weighted by atomic mass is 32.1. The summed E-state index contributed by atoms with van der Waals surface area (Å²) in [6.45, 7) is 1.71. The molecule has 0 aliphatic heterocycles. The van der Waals surface area contributed by atoms with Gasteiger partial charge in [0.05, 0.1) is 0 Å². The normalized spacial score (nSPS) is 10.3. The Morgan fingerprint density at radius 2 is 2.33 bits per heavy atom. The number of aromatic nitrogens is 1. The van der Waals surface area contributed by atoms with Gasteiger partial charge in [0.25, 0.3) is 0 Å². The van der Waals surface area contributed by atoms with Gasteiger partial charge in [-0.3, -0.25) is 10.2 Å². The van der Waals surface area contributed by atoms with Gasteiger partial charge in [-0.1, -0.05) is 6.07 Å². The monoisotopic (exact) mass is 265 g/mol. The van der Waals surface area contributed by atoms with Crippen LogP contribution in [0.5, 0.6) is 0 Å². The fourth-order valence-corrected chi connectivity index (χ4v) is 2.05. The molecule has 0 saturated carbocycles. The molecule has 0 bridgehead atoms. The molecule has 2 N–H and O–H groups in total. The molecule has 6 heteroatoms. The van der Waals surface area contributed by atoms with E-state index in [9.17, 15) is 9.18 Å². The van der Waals surface area contributed by atoms with E-state index in [0.717, 1.165) is 0 Å². The van der Waals surface area contributed by atoms with Crippen LogP contribution in [-0.4, -0.2) is 10.5 Å². The Morgan fingerprint density at radius 3 is 2.94 bits per heavy atom. The van der Waals surface area contributed by atoms with Gasteiger partial charge >= 0.3 is 0 Å². The SMILES string of the molecule is Cc1ccc(NC(=O)Cn2ccsc2=N)cc1F.